The van der Waals surface area contributed by atoms with Crippen molar-refractivity contribution in [3.8, 4) is 0 Å². The molecule has 0 bridgehead atoms. The topological polar surface area (TPSA) is 78.5 Å². The Morgan fingerprint density at radius 2 is 1.84 bits per heavy atom. The summed E-state index contributed by atoms with van der Waals surface area (Å²) in [5.41, 5.74) is 1.88. The van der Waals surface area contributed by atoms with Gasteiger partial charge in [-0.25, -0.2) is 4.98 Å². The Morgan fingerprint density at radius 3 is 2.62 bits per heavy atom. The lowest BCUT2D eigenvalue weighted by atomic mass is 9.86. The number of fused-ring (bicyclic) bond motifs is 1. The summed E-state index contributed by atoms with van der Waals surface area (Å²) in [6.07, 6.45) is 9.54. The minimum atomic E-state index is 0.0340. The summed E-state index contributed by atoms with van der Waals surface area (Å²) in [4.78, 5) is 38.7. The molecule has 1 saturated carbocycles. The van der Waals surface area contributed by atoms with Crippen LogP contribution in [0.3, 0.4) is 0 Å². The van der Waals surface area contributed by atoms with Crippen LogP contribution in [-0.4, -0.2) is 64.6 Å². The van der Waals surface area contributed by atoms with Gasteiger partial charge in [0.2, 0.25) is 5.91 Å². The molecule has 3 fully saturated rings. The quantitative estimate of drug-likeness (QED) is 0.779. The second-order valence-corrected chi connectivity index (χ2v) is 10.5. The van der Waals surface area contributed by atoms with E-state index in [1.165, 1.54) is 25.7 Å². The van der Waals surface area contributed by atoms with Crippen molar-refractivity contribution >= 4 is 5.91 Å². The van der Waals surface area contributed by atoms with Crippen LogP contribution in [0.5, 0.6) is 0 Å². The first kappa shape index (κ1) is 22.1. The molecule has 1 aromatic rings. The van der Waals surface area contributed by atoms with Crippen molar-refractivity contribution in [3.63, 3.8) is 0 Å². The van der Waals surface area contributed by atoms with Crippen LogP contribution in [0.1, 0.15) is 81.3 Å². The highest BCUT2D eigenvalue weighted by Crippen LogP contribution is 2.31. The largest absolute Gasteiger partial charge is 0.381 e. The lowest BCUT2D eigenvalue weighted by Gasteiger charge is -2.39. The van der Waals surface area contributed by atoms with E-state index in [2.05, 4.69) is 16.8 Å². The van der Waals surface area contributed by atoms with Gasteiger partial charge in [-0.1, -0.05) is 6.92 Å². The first-order valence-electron chi connectivity index (χ1n) is 12.8. The molecule has 4 heterocycles. The fraction of sp³-hybridized carbons (Fsp3) is 0.800. The molecule has 5 rings (SSSR count). The number of piperidine rings is 1. The molecule has 0 unspecified atom stereocenters. The van der Waals surface area contributed by atoms with Crippen molar-refractivity contribution in [1.82, 2.24) is 19.8 Å². The number of nitrogens with zero attached hydrogens (tertiary/aromatic N) is 3. The molecule has 32 heavy (non-hydrogen) atoms. The Kier molecular flexibility index (Phi) is 6.65. The highest BCUT2D eigenvalue weighted by atomic mass is 16.5. The van der Waals surface area contributed by atoms with Crippen LogP contribution >= 0.6 is 0 Å². The summed E-state index contributed by atoms with van der Waals surface area (Å²) >= 11 is 0. The monoisotopic (exact) mass is 442 g/mol. The van der Waals surface area contributed by atoms with Gasteiger partial charge in [-0.2, -0.15) is 0 Å². The predicted octanol–water partition coefficient (Wildman–Crippen LogP) is 2.84. The van der Waals surface area contributed by atoms with Gasteiger partial charge in [0.1, 0.15) is 5.82 Å². The van der Waals surface area contributed by atoms with Crippen LogP contribution in [0.2, 0.25) is 0 Å². The predicted molar refractivity (Wildman–Crippen MR) is 122 cm³/mol. The lowest BCUT2D eigenvalue weighted by Crippen LogP contribution is -2.45. The van der Waals surface area contributed by atoms with Gasteiger partial charge < -0.3 is 14.6 Å². The second kappa shape index (κ2) is 9.64. The summed E-state index contributed by atoms with van der Waals surface area (Å²) in [6, 6.07) is 0.613. The van der Waals surface area contributed by atoms with E-state index in [9.17, 15) is 9.59 Å². The van der Waals surface area contributed by atoms with Crippen molar-refractivity contribution in [2.45, 2.75) is 83.2 Å². The zero-order valence-corrected chi connectivity index (χ0v) is 19.5. The maximum Gasteiger partial charge on any atom is 0.255 e. The molecule has 1 atom stereocenters. The summed E-state index contributed by atoms with van der Waals surface area (Å²) in [6.45, 7) is 6.94. The van der Waals surface area contributed by atoms with Gasteiger partial charge in [-0.15, -0.1) is 0 Å². The van der Waals surface area contributed by atoms with Gasteiger partial charge in [0.25, 0.3) is 5.56 Å². The number of carbonyl (C=O) groups is 1. The molecule has 7 nitrogen and oxygen atoms in total. The molecule has 0 spiro atoms. The molecule has 1 N–H and O–H groups in total. The van der Waals surface area contributed by atoms with Crippen LogP contribution in [-0.2, 0) is 22.5 Å². The SMILES string of the molecule is CC1CCC(N2CCc3nc([C@H]4CCCN(C(=O)C5CCOCC5)C4)[nH]c(=O)c3C2)CC1. The molecule has 176 valence electrons. The average molecular weight is 443 g/mol. The van der Waals surface area contributed by atoms with Gasteiger partial charge >= 0.3 is 0 Å². The standard InChI is InChI=1S/C25H38N4O3/c1-17-4-6-20(7-5-17)28-12-8-22-21(16-28)24(30)27-23(26-22)19-3-2-11-29(15-19)25(31)18-9-13-32-14-10-18/h17-20H,2-16H2,1H3,(H,26,27,30)/t17?,19-,20?/m0/s1. The van der Waals surface area contributed by atoms with Crippen molar-refractivity contribution in [1.29, 1.82) is 0 Å². The number of rotatable bonds is 3. The molecule has 0 radical (unpaired) electrons. The van der Waals surface area contributed by atoms with Crippen molar-refractivity contribution in [2.75, 3.05) is 32.8 Å². The fourth-order valence-electron chi connectivity index (χ4n) is 6.18. The Labute approximate surface area is 190 Å². The summed E-state index contributed by atoms with van der Waals surface area (Å²) in [7, 11) is 0. The van der Waals surface area contributed by atoms with E-state index in [0.29, 0.717) is 25.8 Å². The third-order valence-electron chi connectivity index (χ3n) is 8.31. The number of hydrogen-bond donors (Lipinski definition) is 1. The Balaban J connectivity index is 1.27. The van der Waals surface area contributed by atoms with Crippen LogP contribution in [0.15, 0.2) is 4.79 Å². The van der Waals surface area contributed by atoms with E-state index in [1.54, 1.807) is 0 Å². The van der Waals surface area contributed by atoms with Crippen LogP contribution in [0.4, 0.5) is 0 Å². The highest BCUT2D eigenvalue weighted by molar-refractivity contribution is 5.79. The second-order valence-electron chi connectivity index (χ2n) is 10.5. The number of H-pyrrole nitrogens is 1. The molecule has 4 aliphatic rings. The average Bonchev–Trinajstić information content (AvgIpc) is 2.84. The van der Waals surface area contributed by atoms with Gasteiger partial charge in [0.15, 0.2) is 0 Å². The van der Waals surface area contributed by atoms with E-state index in [4.69, 9.17) is 9.72 Å². The van der Waals surface area contributed by atoms with Crippen molar-refractivity contribution < 1.29 is 9.53 Å². The number of aromatic amines is 1. The maximum atomic E-state index is 13.1. The zero-order chi connectivity index (χ0) is 22.1. The molecule has 7 heteroatoms. The molecular weight excluding hydrogens is 404 g/mol. The van der Waals surface area contributed by atoms with Crippen LogP contribution in [0.25, 0.3) is 0 Å². The highest BCUT2D eigenvalue weighted by Gasteiger charge is 2.33. The van der Waals surface area contributed by atoms with Crippen molar-refractivity contribution in [2.24, 2.45) is 11.8 Å². The number of nitrogens with one attached hydrogen (secondary N) is 1. The normalized spacial score (nSPS) is 30.2. The van der Waals surface area contributed by atoms with Gasteiger partial charge in [-0.05, 0) is 57.3 Å². The Hall–Kier alpha value is -1.73. The first-order valence-corrected chi connectivity index (χ1v) is 12.8. The van der Waals surface area contributed by atoms with E-state index < -0.39 is 0 Å². The van der Waals surface area contributed by atoms with E-state index in [1.807, 2.05) is 4.90 Å². The maximum absolute atomic E-state index is 13.1. The summed E-state index contributed by atoms with van der Waals surface area (Å²) < 4.78 is 5.42. The Bertz CT molecular complexity index is 870. The molecule has 3 aliphatic heterocycles. The van der Waals surface area contributed by atoms with Gasteiger partial charge in [-0.3, -0.25) is 14.5 Å². The number of amides is 1. The Morgan fingerprint density at radius 1 is 1.06 bits per heavy atom. The first-order chi connectivity index (χ1) is 15.6. The molecular formula is C25H38N4O3. The number of likely N-dealkylation sites (tertiary alicyclic amines) is 1. The molecule has 1 aromatic heterocycles. The molecule has 1 amide bonds. The number of ether oxygens (including phenoxy) is 1. The third kappa shape index (κ3) is 4.65. The fourth-order valence-corrected chi connectivity index (χ4v) is 6.18. The smallest absolute Gasteiger partial charge is 0.255 e. The number of hydrogen-bond acceptors (Lipinski definition) is 5. The zero-order valence-electron chi connectivity index (χ0n) is 19.5. The van der Waals surface area contributed by atoms with Crippen LogP contribution in [0, 0.1) is 11.8 Å². The third-order valence-corrected chi connectivity index (χ3v) is 8.31. The van der Waals surface area contributed by atoms with Gasteiger partial charge in [0.05, 0.1) is 11.3 Å². The van der Waals surface area contributed by atoms with E-state index >= 15 is 0 Å². The van der Waals surface area contributed by atoms with Crippen molar-refractivity contribution in [3.05, 3.63) is 27.4 Å². The minimum Gasteiger partial charge on any atom is -0.381 e. The van der Waals surface area contributed by atoms with Crippen LogP contribution < -0.4 is 5.56 Å². The molecule has 2 saturated heterocycles. The summed E-state index contributed by atoms with van der Waals surface area (Å²) in [5.74, 6) is 2.11. The lowest BCUT2D eigenvalue weighted by molar-refractivity contribution is -0.139. The number of carbonyl (C=O) groups excluding carboxylic acids is 1. The van der Waals surface area contributed by atoms with Gasteiger partial charge in [0, 0.05) is 63.7 Å². The van der Waals surface area contributed by atoms with E-state index in [-0.39, 0.29) is 23.3 Å². The molecule has 1 aliphatic carbocycles. The minimum absolute atomic E-state index is 0.0340. The van der Waals surface area contributed by atoms with E-state index in [0.717, 1.165) is 74.7 Å². The number of aromatic nitrogens is 2. The summed E-state index contributed by atoms with van der Waals surface area (Å²) in [5, 5.41) is 0. The molecule has 0 aromatic carbocycles.